The summed E-state index contributed by atoms with van der Waals surface area (Å²) in [6.07, 6.45) is 5.74. The van der Waals surface area contributed by atoms with E-state index in [1.54, 1.807) is 22.9 Å². The summed E-state index contributed by atoms with van der Waals surface area (Å²) in [4.78, 5) is 31.5. The van der Waals surface area contributed by atoms with E-state index < -0.39 is 0 Å². The highest BCUT2D eigenvalue weighted by Crippen LogP contribution is 2.51. The van der Waals surface area contributed by atoms with Crippen LogP contribution in [0.5, 0.6) is 0 Å². The number of halogens is 3. The van der Waals surface area contributed by atoms with Crippen molar-refractivity contribution < 1.29 is 9.59 Å². The van der Waals surface area contributed by atoms with Gasteiger partial charge in [0.15, 0.2) is 5.69 Å². The van der Waals surface area contributed by atoms with Crippen LogP contribution in [0.4, 0.5) is 0 Å². The van der Waals surface area contributed by atoms with E-state index >= 15 is 0 Å². The van der Waals surface area contributed by atoms with Crippen molar-refractivity contribution >= 4 is 46.6 Å². The number of benzene rings is 2. The van der Waals surface area contributed by atoms with Crippen LogP contribution in [0.2, 0.25) is 15.1 Å². The molecular weight excluding hydrogens is 591 g/mol. The number of carbonyl (C=O) groups is 2. The first-order valence-corrected chi connectivity index (χ1v) is 16.1. The summed E-state index contributed by atoms with van der Waals surface area (Å²) < 4.78 is 1.71. The summed E-state index contributed by atoms with van der Waals surface area (Å²) in [5, 5.41) is 6.38. The van der Waals surface area contributed by atoms with E-state index in [1.807, 2.05) is 41.0 Å². The standard InChI is InChI=1S/C33H37Cl3N4O2/c1-20-14-22-16-23(15-20)19-33(3,18-22)32(42)39-12-10-38(11-13-39)31(41)29-21(2)30(24-4-6-25(34)7-5-24)40(37-29)28-9-8-26(35)17-27(28)36/h4-9,17,20,22-23H,10-16,18-19H2,1-3H3. The van der Waals surface area contributed by atoms with Gasteiger partial charge in [0.2, 0.25) is 5.91 Å². The second-order valence-corrected chi connectivity index (χ2v) is 14.2. The smallest absolute Gasteiger partial charge is 0.274 e. The summed E-state index contributed by atoms with van der Waals surface area (Å²) in [5.74, 6) is 2.20. The van der Waals surface area contributed by atoms with Gasteiger partial charge in [-0.05, 0) is 87.1 Å². The number of hydrogen-bond donors (Lipinski definition) is 0. The Bertz CT molecular complexity index is 1490. The molecule has 0 spiro atoms. The van der Waals surface area contributed by atoms with Crippen molar-refractivity contribution in [1.29, 1.82) is 0 Å². The summed E-state index contributed by atoms with van der Waals surface area (Å²) >= 11 is 18.9. The largest absolute Gasteiger partial charge is 0.339 e. The van der Waals surface area contributed by atoms with Gasteiger partial charge in [-0.25, -0.2) is 4.68 Å². The topological polar surface area (TPSA) is 58.4 Å². The van der Waals surface area contributed by atoms with E-state index in [0.29, 0.717) is 64.5 Å². The summed E-state index contributed by atoms with van der Waals surface area (Å²) in [6, 6.07) is 12.7. The molecule has 9 heteroatoms. The zero-order valence-electron chi connectivity index (χ0n) is 24.4. The molecule has 0 radical (unpaired) electrons. The second-order valence-electron chi connectivity index (χ2n) is 12.9. The van der Waals surface area contributed by atoms with Crippen molar-refractivity contribution in [3.8, 4) is 16.9 Å². The Balaban J connectivity index is 1.22. The van der Waals surface area contributed by atoms with Crippen molar-refractivity contribution in [3.63, 3.8) is 0 Å². The van der Waals surface area contributed by atoms with Crippen LogP contribution in [0.15, 0.2) is 42.5 Å². The molecule has 3 fully saturated rings. The minimum Gasteiger partial charge on any atom is -0.339 e. The fourth-order valence-corrected chi connectivity index (χ4v) is 8.50. The lowest BCUT2D eigenvalue weighted by Gasteiger charge is -2.48. The fourth-order valence-electron chi connectivity index (χ4n) is 7.88. The number of hydrogen-bond acceptors (Lipinski definition) is 3. The number of amides is 2. The Hall–Kier alpha value is -2.54. The zero-order chi connectivity index (χ0) is 29.8. The second kappa shape index (κ2) is 11.5. The maximum Gasteiger partial charge on any atom is 0.274 e. The Labute approximate surface area is 262 Å². The van der Waals surface area contributed by atoms with Crippen LogP contribution in [-0.2, 0) is 4.79 Å². The molecule has 2 amide bonds. The molecule has 2 aromatic carbocycles. The fraction of sp³-hybridized carbons (Fsp3) is 0.485. The molecule has 1 saturated heterocycles. The number of fused-ring (bicyclic) bond motifs is 2. The average Bonchev–Trinajstić information content (AvgIpc) is 3.28. The first-order valence-electron chi connectivity index (χ1n) is 14.9. The van der Waals surface area contributed by atoms with Crippen molar-refractivity contribution in [3.05, 3.63) is 68.8 Å². The van der Waals surface area contributed by atoms with E-state index in [1.165, 1.54) is 19.3 Å². The average molecular weight is 628 g/mol. The summed E-state index contributed by atoms with van der Waals surface area (Å²) in [5.41, 5.74) is 3.08. The number of piperazine rings is 1. The quantitative estimate of drug-likeness (QED) is 0.295. The van der Waals surface area contributed by atoms with Gasteiger partial charge in [0, 0.05) is 52.8 Å². The Morgan fingerprint density at radius 3 is 2.07 bits per heavy atom. The molecule has 2 heterocycles. The summed E-state index contributed by atoms with van der Waals surface area (Å²) in [6.45, 7) is 8.48. The SMILES string of the molecule is Cc1c(C(=O)N2CCN(C(=O)C3(C)CC4CC(C)CC(C4)C3)CC2)nn(-c2ccc(Cl)cc2Cl)c1-c1ccc(Cl)cc1. The van der Waals surface area contributed by atoms with Crippen LogP contribution in [0, 0.1) is 30.1 Å². The molecule has 3 aromatic rings. The number of rotatable bonds is 4. The van der Waals surface area contributed by atoms with Gasteiger partial charge in [-0.1, -0.05) is 60.8 Å². The van der Waals surface area contributed by atoms with Gasteiger partial charge in [0.1, 0.15) is 0 Å². The van der Waals surface area contributed by atoms with Gasteiger partial charge in [0.25, 0.3) is 5.91 Å². The molecule has 222 valence electrons. The van der Waals surface area contributed by atoms with Crippen molar-refractivity contribution in [2.24, 2.45) is 23.2 Å². The molecule has 2 saturated carbocycles. The van der Waals surface area contributed by atoms with Crippen LogP contribution < -0.4 is 0 Å². The number of nitrogens with zero attached hydrogens (tertiary/aromatic N) is 4. The first-order chi connectivity index (χ1) is 20.0. The van der Waals surface area contributed by atoms with Crippen LogP contribution >= 0.6 is 34.8 Å². The van der Waals surface area contributed by atoms with Crippen molar-refractivity contribution in [2.45, 2.75) is 52.9 Å². The molecule has 1 aliphatic heterocycles. The van der Waals surface area contributed by atoms with Gasteiger partial charge in [-0.3, -0.25) is 9.59 Å². The van der Waals surface area contributed by atoms with Gasteiger partial charge in [-0.2, -0.15) is 5.10 Å². The van der Waals surface area contributed by atoms with Crippen LogP contribution in [-0.4, -0.2) is 57.6 Å². The molecule has 2 unspecified atom stereocenters. The number of carbonyl (C=O) groups excluding carboxylic acids is 2. The minimum absolute atomic E-state index is 0.147. The predicted octanol–water partition coefficient (Wildman–Crippen LogP) is 7.94. The maximum absolute atomic E-state index is 13.9. The molecule has 6 rings (SSSR count). The lowest BCUT2D eigenvalue weighted by atomic mass is 9.59. The van der Waals surface area contributed by atoms with Crippen LogP contribution in [0.1, 0.15) is 62.0 Å². The van der Waals surface area contributed by atoms with E-state index in [4.69, 9.17) is 39.9 Å². The molecule has 3 aliphatic rings. The third-order valence-electron chi connectivity index (χ3n) is 9.57. The highest BCUT2D eigenvalue weighted by Gasteiger charge is 2.47. The zero-order valence-corrected chi connectivity index (χ0v) is 26.6. The maximum atomic E-state index is 13.9. The lowest BCUT2D eigenvalue weighted by molar-refractivity contribution is -0.148. The van der Waals surface area contributed by atoms with E-state index in [9.17, 15) is 9.59 Å². The Morgan fingerprint density at radius 1 is 0.857 bits per heavy atom. The molecule has 1 aromatic heterocycles. The Morgan fingerprint density at radius 2 is 1.45 bits per heavy atom. The molecule has 42 heavy (non-hydrogen) atoms. The van der Waals surface area contributed by atoms with Gasteiger partial charge >= 0.3 is 0 Å². The van der Waals surface area contributed by atoms with Gasteiger partial charge in [-0.15, -0.1) is 0 Å². The number of aromatic nitrogens is 2. The highest BCUT2D eigenvalue weighted by atomic mass is 35.5. The lowest BCUT2D eigenvalue weighted by Crippen LogP contribution is -2.55. The molecule has 0 N–H and O–H groups in total. The summed E-state index contributed by atoms with van der Waals surface area (Å²) in [7, 11) is 0. The predicted molar refractivity (Wildman–Crippen MR) is 169 cm³/mol. The molecular formula is C33H37Cl3N4O2. The molecule has 2 aliphatic carbocycles. The Kier molecular flexibility index (Phi) is 8.10. The van der Waals surface area contributed by atoms with Crippen molar-refractivity contribution in [2.75, 3.05) is 26.2 Å². The first kappa shape index (κ1) is 29.5. The van der Waals surface area contributed by atoms with Gasteiger partial charge in [0.05, 0.1) is 16.4 Å². The third kappa shape index (κ3) is 5.58. The minimum atomic E-state index is -0.291. The van der Waals surface area contributed by atoms with Crippen LogP contribution in [0.3, 0.4) is 0 Å². The van der Waals surface area contributed by atoms with E-state index in [-0.39, 0.29) is 17.2 Å². The van der Waals surface area contributed by atoms with Gasteiger partial charge < -0.3 is 9.80 Å². The highest BCUT2D eigenvalue weighted by molar-refractivity contribution is 6.35. The monoisotopic (exact) mass is 626 g/mol. The molecule has 2 bridgehead atoms. The van der Waals surface area contributed by atoms with Crippen molar-refractivity contribution in [1.82, 2.24) is 19.6 Å². The van der Waals surface area contributed by atoms with Crippen LogP contribution in [0.25, 0.3) is 16.9 Å². The third-order valence-corrected chi connectivity index (χ3v) is 10.4. The molecule has 6 nitrogen and oxygen atoms in total. The normalized spacial score (nSPS) is 25.9. The molecule has 2 atom stereocenters. The van der Waals surface area contributed by atoms with E-state index in [0.717, 1.165) is 35.6 Å². The van der Waals surface area contributed by atoms with E-state index in [2.05, 4.69) is 13.8 Å².